The highest BCUT2D eigenvalue weighted by molar-refractivity contribution is 7.99. The Balaban J connectivity index is 2.07. The molecule has 0 fully saturated rings. The van der Waals surface area contributed by atoms with Crippen LogP contribution in [0, 0.1) is 0 Å². The highest BCUT2D eigenvalue weighted by atomic mass is 32.2. The minimum atomic E-state index is -0.349. The van der Waals surface area contributed by atoms with E-state index in [1.54, 1.807) is 18.8 Å². The largest absolute Gasteiger partial charge is 0.332 e. The highest BCUT2D eigenvalue weighted by Crippen LogP contribution is 2.29. The maximum Gasteiger partial charge on any atom is 0.332 e. The molecule has 6 heteroatoms. The van der Waals surface area contributed by atoms with E-state index in [1.807, 2.05) is 24.4 Å². The van der Waals surface area contributed by atoms with Crippen LogP contribution in [0.15, 0.2) is 51.0 Å². The monoisotopic (exact) mass is 369 g/mol. The number of rotatable bonds is 6. The molecule has 3 aromatic rings. The quantitative estimate of drug-likeness (QED) is 0.627. The van der Waals surface area contributed by atoms with Crippen molar-refractivity contribution in [2.45, 2.75) is 31.1 Å². The number of thioether (sulfide) groups is 1. The molecule has 136 valence electrons. The Bertz CT molecular complexity index is 1040. The molecule has 0 atom stereocenters. The Morgan fingerprint density at radius 1 is 1.04 bits per heavy atom. The van der Waals surface area contributed by atoms with Crippen LogP contribution < -0.4 is 11.2 Å². The number of nitrogens with zero attached hydrogens (tertiary/aromatic N) is 3. The Morgan fingerprint density at radius 2 is 1.77 bits per heavy atom. The lowest BCUT2D eigenvalue weighted by atomic mass is 10.1. The first-order chi connectivity index (χ1) is 12.5. The molecule has 0 saturated heterocycles. The molecule has 2 aromatic heterocycles. The van der Waals surface area contributed by atoms with Crippen LogP contribution in [-0.2, 0) is 26.9 Å². The van der Waals surface area contributed by atoms with E-state index in [9.17, 15) is 9.59 Å². The van der Waals surface area contributed by atoms with Gasteiger partial charge in [-0.25, -0.2) is 9.78 Å². The summed E-state index contributed by atoms with van der Waals surface area (Å²) in [7, 11) is 3.18. The van der Waals surface area contributed by atoms with Gasteiger partial charge in [-0.2, -0.15) is 0 Å². The maximum absolute atomic E-state index is 12.8. The molecule has 0 saturated carbocycles. The Hall–Kier alpha value is -2.34. The van der Waals surface area contributed by atoms with Crippen molar-refractivity contribution in [3.05, 3.63) is 68.5 Å². The number of fused-ring (bicyclic) bond motifs is 1. The second-order valence-corrected chi connectivity index (χ2v) is 7.46. The van der Waals surface area contributed by atoms with Crippen LogP contribution >= 0.6 is 11.8 Å². The first-order valence-electron chi connectivity index (χ1n) is 8.79. The smallest absolute Gasteiger partial charge is 0.280 e. The zero-order valence-corrected chi connectivity index (χ0v) is 16.2. The predicted molar refractivity (Wildman–Crippen MR) is 107 cm³/mol. The topological polar surface area (TPSA) is 56.9 Å². The van der Waals surface area contributed by atoms with Crippen molar-refractivity contribution in [1.29, 1.82) is 0 Å². The molecule has 1 aromatic carbocycles. The van der Waals surface area contributed by atoms with E-state index in [1.165, 1.54) is 21.7 Å². The summed E-state index contributed by atoms with van der Waals surface area (Å²) in [6.07, 6.45) is 4.58. The van der Waals surface area contributed by atoms with Crippen molar-refractivity contribution in [2.75, 3.05) is 5.75 Å². The van der Waals surface area contributed by atoms with Gasteiger partial charge in [0, 0.05) is 30.9 Å². The number of benzene rings is 1. The Kier molecular flexibility index (Phi) is 5.61. The summed E-state index contributed by atoms with van der Waals surface area (Å²) in [6.45, 7) is 2.11. The van der Waals surface area contributed by atoms with Crippen molar-refractivity contribution in [1.82, 2.24) is 14.1 Å². The van der Waals surface area contributed by atoms with Crippen molar-refractivity contribution >= 4 is 22.8 Å². The molecule has 26 heavy (non-hydrogen) atoms. The summed E-state index contributed by atoms with van der Waals surface area (Å²) in [5.74, 6) is 0.867. The van der Waals surface area contributed by atoms with E-state index < -0.39 is 0 Å². The summed E-state index contributed by atoms with van der Waals surface area (Å²) in [4.78, 5) is 30.4. The Labute approximate surface area is 156 Å². The average Bonchev–Trinajstić information content (AvgIpc) is 2.66. The van der Waals surface area contributed by atoms with Crippen LogP contribution in [0.4, 0.5) is 0 Å². The lowest BCUT2D eigenvalue weighted by Crippen LogP contribution is -2.37. The van der Waals surface area contributed by atoms with E-state index in [0.29, 0.717) is 11.0 Å². The molecule has 2 heterocycles. The molecule has 0 spiro atoms. The van der Waals surface area contributed by atoms with Gasteiger partial charge in [0.25, 0.3) is 5.56 Å². The van der Waals surface area contributed by atoms with Crippen LogP contribution in [0.1, 0.15) is 24.5 Å². The summed E-state index contributed by atoms with van der Waals surface area (Å²) in [5.41, 5.74) is 2.19. The highest BCUT2D eigenvalue weighted by Gasteiger charge is 2.17. The second-order valence-electron chi connectivity index (χ2n) is 6.35. The van der Waals surface area contributed by atoms with Crippen LogP contribution in [-0.4, -0.2) is 19.9 Å². The third-order valence-corrected chi connectivity index (χ3v) is 5.66. The molecule has 0 aliphatic rings. The van der Waals surface area contributed by atoms with E-state index in [0.717, 1.165) is 35.5 Å². The van der Waals surface area contributed by atoms with E-state index in [-0.39, 0.29) is 11.2 Å². The lowest BCUT2D eigenvalue weighted by molar-refractivity contribution is 0.704. The van der Waals surface area contributed by atoms with Crippen LogP contribution in [0.5, 0.6) is 0 Å². The van der Waals surface area contributed by atoms with Gasteiger partial charge in [0.15, 0.2) is 0 Å². The van der Waals surface area contributed by atoms with Crippen molar-refractivity contribution in [2.24, 2.45) is 14.1 Å². The number of hydrogen-bond acceptors (Lipinski definition) is 4. The number of aryl methyl sites for hydroxylation is 3. The molecule has 0 unspecified atom stereocenters. The van der Waals surface area contributed by atoms with Gasteiger partial charge in [-0.1, -0.05) is 43.7 Å². The van der Waals surface area contributed by atoms with Gasteiger partial charge in [-0.05, 0) is 24.0 Å². The molecule has 5 nitrogen and oxygen atoms in total. The zero-order valence-electron chi connectivity index (χ0n) is 15.4. The zero-order chi connectivity index (χ0) is 18.7. The normalized spacial score (nSPS) is 11.2. The van der Waals surface area contributed by atoms with Crippen LogP contribution in [0.3, 0.4) is 0 Å². The molecule has 0 aliphatic heterocycles. The number of aromatic nitrogens is 3. The minimum absolute atomic E-state index is 0.268. The third kappa shape index (κ3) is 3.46. The van der Waals surface area contributed by atoms with Gasteiger partial charge in [0.05, 0.1) is 5.39 Å². The van der Waals surface area contributed by atoms with Gasteiger partial charge >= 0.3 is 5.69 Å². The number of hydrogen-bond donors (Lipinski definition) is 0. The standard InChI is InChI=1S/C20H23N3O2S/c1-4-8-15-13-21-18-16(19(24)23(3)20(25)22(18)2)17(15)26-12-11-14-9-6-5-7-10-14/h5-7,9-10,13H,4,8,11-12H2,1-3H3. The Morgan fingerprint density at radius 3 is 2.46 bits per heavy atom. The molecule has 0 amide bonds. The molecule has 0 bridgehead atoms. The summed E-state index contributed by atoms with van der Waals surface area (Å²) in [6, 6.07) is 10.3. The van der Waals surface area contributed by atoms with Crippen molar-refractivity contribution in [3.8, 4) is 0 Å². The molecule has 0 radical (unpaired) electrons. The fourth-order valence-corrected chi connectivity index (χ4v) is 4.27. The van der Waals surface area contributed by atoms with Gasteiger partial charge in [0.2, 0.25) is 0 Å². The average molecular weight is 369 g/mol. The minimum Gasteiger partial charge on any atom is -0.280 e. The lowest BCUT2D eigenvalue weighted by Gasteiger charge is -2.14. The van der Waals surface area contributed by atoms with Crippen molar-refractivity contribution in [3.63, 3.8) is 0 Å². The fourth-order valence-electron chi connectivity index (χ4n) is 3.07. The van der Waals surface area contributed by atoms with Gasteiger partial charge in [-0.15, -0.1) is 11.8 Å². The van der Waals surface area contributed by atoms with E-state index in [4.69, 9.17) is 0 Å². The van der Waals surface area contributed by atoms with Gasteiger partial charge in [0.1, 0.15) is 5.65 Å². The molecule has 3 rings (SSSR count). The summed E-state index contributed by atoms with van der Waals surface area (Å²) >= 11 is 1.68. The summed E-state index contributed by atoms with van der Waals surface area (Å²) in [5, 5.41) is 0.554. The first-order valence-corrected chi connectivity index (χ1v) is 9.77. The van der Waals surface area contributed by atoms with E-state index >= 15 is 0 Å². The molecular weight excluding hydrogens is 346 g/mol. The van der Waals surface area contributed by atoms with Crippen molar-refractivity contribution < 1.29 is 0 Å². The van der Waals surface area contributed by atoms with Gasteiger partial charge in [-0.3, -0.25) is 13.9 Å². The third-order valence-electron chi connectivity index (χ3n) is 4.49. The first kappa shape index (κ1) is 18.5. The van der Waals surface area contributed by atoms with Crippen LogP contribution in [0.25, 0.3) is 11.0 Å². The number of pyridine rings is 1. The molecular formula is C20H23N3O2S. The second kappa shape index (κ2) is 7.91. The SMILES string of the molecule is CCCc1cnc2c(c1SCCc1ccccc1)c(=O)n(C)c(=O)n2C. The van der Waals surface area contributed by atoms with Crippen LogP contribution in [0.2, 0.25) is 0 Å². The fraction of sp³-hybridized carbons (Fsp3) is 0.350. The maximum atomic E-state index is 12.8. The van der Waals surface area contributed by atoms with E-state index in [2.05, 4.69) is 24.0 Å². The summed E-state index contributed by atoms with van der Waals surface area (Å²) < 4.78 is 2.62. The predicted octanol–water partition coefficient (Wildman–Crippen LogP) is 2.92. The van der Waals surface area contributed by atoms with Gasteiger partial charge < -0.3 is 0 Å². The molecule has 0 N–H and O–H groups in total. The molecule has 0 aliphatic carbocycles.